The van der Waals surface area contributed by atoms with Crippen LogP contribution in [0.1, 0.15) is 20.8 Å². The van der Waals surface area contributed by atoms with E-state index in [0.717, 1.165) is 34.8 Å². The fourth-order valence-electron chi connectivity index (χ4n) is 3.42. The zero-order valence-corrected chi connectivity index (χ0v) is 18.0. The number of piperazine rings is 1. The summed E-state index contributed by atoms with van der Waals surface area (Å²) in [6, 6.07) is 15.8. The Balaban J connectivity index is 1.27. The lowest BCUT2D eigenvalue weighted by atomic mass is 10.2. The number of nitrogens with zero attached hydrogens (tertiary/aromatic N) is 2. The van der Waals surface area contributed by atoms with E-state index in [0.29, 0.717) is 31.3 Å². The monoisotopic (exact) mass is 444 g/mol. The number of amides is 1. The van der Waals surface area contributed by atoms with Crippen molar-refractivity contribution < 1.29 is 13.9 Å². The Labute approximate surface area is 184 Å². The third kappa shape index (κ3) is 5.39. The zero-order chi connectivity index (χ0) is 20.9. The van der Waals surface area contributed by atoms with Gasteiger partial charge in [-0.2, -0.15) is 0 Å². The number of benzene rings is 2. The lowest BCUT2D eigenvalue weighted by Gasteiger charge is -2.34. The molecular formula is C23H22ClFN2O2S. The molecule has 4 nitrogen and oxygen atoms in total. The molecule has 0 saturated carbocycles. The third-order valence-electron chi connectivity index (χ3n) is 5.04. The van der Waals surface area contributed by atoms with Gasteiger partial charge in [0.05, 0.1) is 4.88 Å². The van der Waals surface area contributed by atoms with Crippen LogP contribution in [0.5, 0.6) is 5.75 Å². The molecule has 1 aliphatic rings. The lowest BCUT2D eigenvalue weighted by Crippen LogP contribution is -2.48. The van der Waals surface area contributed by atoms with Gasteiger partial charge in [-0.05, 0) is 53.4 Å². The number of carbonyl (C=O) groups is 1. The van der Waals surface area contributed by atoms with Crippen LogP contribution in [0.4, 0.5) is 4.39 Å². The molecule has 1 aromatic heterocycles. The SMILES string of the molecule is O=C(c1cc(COc2ccc(Cl)cc2)cs1)N1CCN(Cc2cccc(F)c2)CC1. The molecule has 3 aromatic rings. The summed E-state index contributed by atoms with van der Waals surface area (Å²) in [5.41, 5.74) is 1.93. The van der Waals surface area contributed by atoms with Crippen molar-refractivity contribution in [3.63, 3.8) is 0 Å². The van der Waals surface area contributed by atoms with Gasteiger partial charge < -0.3 is 9.64 Å². The number of carbonyl (C=O) groups excluding carboxylic acids is 1. The van der Waals surface area contributed by atoms with Crippen molar-refractivity contribution in [2.45, 2.75) is 13.2 Å². The van der Waals surface area contributed by atoms with E-state index >= 15 is 0 Å². The van der Waals surface area contributed by atoms with Crippen molar-refractivity contribution in [1.82, 2.24) is 9.80 Å². The molecule has 156 valence electrons. The van der Waals surface area contributed by atoms with Gasteiger partial charge in [-0.15, -0.1) is 11.3 Å². The minimum absolute atomic E-state index is 0.0585. The first-order valence-corrected chi connectivity index (χ1v) is 11.0. The van der Waals surface area contributed by atoms with E-state index in [-0.39, 0.29) is 11.7 Å². The van der Waals surface area contributed by atoms with E-state index in [4.69, 9.17) is 16.3 Å². The first-order valence-electron chi connectivity index (χ1n) is 9.79. The van der Waals surface area contributed by atoms with Gasteiger partial charge in [-0.1, -0.05) is 23.7 Å². The topological polar surface area (TPSA) is 32.8 Å². The molecule has 1 fully saturated rings. The standard InChI is InChI=1S/C23H22ClFN2O2S/c24-19-4-6-21(7-5-19)29-15-18-13-22(30-16-18)23(28)27-10-8-26(9-11-27)14-17-2-1-3-20(25)12-17/h1-7,12-13,16H,8-11,14-15H2. The van der Waals surface area contributed by atoms with Crippen LogP contribution < -0.4 is 4.74 Å². The Bertz CT molecular complexity index is 1000. The summed E-state index contributed by atoms with van der Waals surface area (Å²) in [7, 11) is 0. The van der Waals surface area contributed by atoms with Crippen LogP contribution >= 0.6 is 22.9 Å². The van der Waals surface area contributed by atoms with Gasteiger partial charge >= 0.3 is 0 Å². The number of hydrogen-bond acceptors (Lipinski definition) is 4. The van der Waals surface area contributed by atoms with Gasteiger partial charge in [0.25, 0.3) is 5.91 Å². The molecule has 0 N–H and O–H groups in total. The van der Waals surface area contributed by atoms with E-state index < -0.39 is 0 Å². The van der Waals surface area contributed by atoms with Crippen LogP contribution in [-0.4, -0.2) is 41.9 Å². The van der Waals surface area contributed by atoms with Crippen molar-refractivity contribution in [3.05, 3.63) is 86.8 Å². The predicted molar refractivity (Wildman–Crippen MR) is 118 cm³/mol. The van der Waals surface area contributed by atoms with Crippen LogP contribution in [0, 0.1) is 5.82 Å². The quantitative estimate of drug-likeness (QED) is 0.531. The van der Waals surface area contributed by atoms with Gasteiger partial charge in [-0.25, -0.2) is 4.39 Å². The lowest BCUT2D eigenvalue weighted by molar-refractivity contribution is 0.0633. The molecule has 0 spiro atoms. The Morgan fingerprint density at radius 3 is 2.53 bits per heavy atom. The first kappa shape index (κ1) is 20.8. The van der Waals surface area contributed by atoms with Crippen molar-refractivity contribution in [2.75, 3.05) is 26.2 Å². The second kappa shape index (κ2) is 9.60. The van der Waals surface area contributed by atoms with E-state index in [1.165, 1.54) is 17.4 Å². The van der Waals surface area contributed by atoms with Crippen molar-refractivity contribution in [2.24, 2.45) is 0 Å². The normalized spacial score (nSPS) is 14.7. The molecule has 7 heteroatoms. The molecular weight excluding hydrogens is 423 g/mol. The average molecular weight is 445 g/mol. The van der Waals surface area contributed by atoms with E-state index in [1.807, 2.05) is 34.5 Å². The molecule has 0 bridgehead atoms. The summed E-state index contributed by atoms with van der Waals surface area (Å²) < 4.78 is 19.1. The maximum absolute atomic E-state index is 13.4. The Morgan fingerprint density at radius 1 is 1.03 bits per heavy atom. The number of halogens is 2. The largest absolute Gasteiger partial charge is 0.489 e. The summed E-state index contributed by atoms with van der Waals surface area (Å²) in [6.07, 6.45) is 0. The van der Waals surface area contributed by atoms with Crippen LogP contribution in [0.15, 0.2) is 60.0 Å². The fourth-order valence-corrected chi connectivity index (χ4v) is 4.41. The second-order valence-electron chi connectivity index (χ2n) is 7.26. The molecule has 30 heavy (non-hydrogen) atoms. The molecule has 2 heterocycles. The third-order valence-corrected chi connectivity index (χ3v) is 6.26. The highest BCUT2D eigenvalue weighted by Crippen LogP contribution is 2.21. The number of ether oxygens (including phenoxy) is 1. The van der Waals surface area contributed by atoms with Crippen molar-refractivity contribution >= 4 is 28.8 Å². The Morgan fingerprint density at radius 2 is 1.80 bits per heavy atom. The number of thiophene rings is 1. The average Bonchev–Trinajstić information content (AvgIpc) is 3.22. The first-order chi connectivity index (χ1) is 14.6. The van der Waals surface area contributed by atoms with Crippen LogP contribution in [0.3, 0.4) is 0 Å². The second-order valence-corrected chi connectivity index (χ2v) is 8.61. The molecule has 1 amide bonds. The zero-order valence-electron chi connectivity index (χ0n) is 16.4. The number of hydrogen-bond donors (Lipinski definition) is 0. The van der Waals surface area contributed by atoms with Crippen molar-refractivity contribution in [1.29, 1.82) is 0 Å². The van der Waals surface area contributed by atoms with Gasteiger partial charge in [-0.3, -0.25) is 9.69 Å². The maximum atomic E-state index is 13.4. The van der Waals surface area contributed by atoms with E-state index in [1.54, 1.807) is 24.3 Å². The van der Waals surface area contributed by atoms with Crippen molar-refractivity contribution in [3.8, 4) is 5.75 Å². The van der Waals surface area contributed by atoms with E-state index in [2.05, 4.69) is 4.90 Å². The highest BCUT2D eigenvalue weighted by molar-refractivity contribution is 7.12. The molecule has 2 aromatic carbocycles. The van der Waals surface area contributed by atoms with Gasteiger partial charge in [0, 0.05) is 43.3 Å². The van der Waals surface area contributed by atoms with Gasteiger partial charge in [0.2, 0.25) is 0 Å². The summed E-state index contributed by atoms with van der Waals surface area (Å²) in [5.74, 6) is 0.589. The van der Waals surface area contributed by atoms with Gasteiger partial charge in [0.15, 0.2) is 0 Å². The summed E-state index contributed by atoms with van der Waals surface area (Å²) in [5, 5.41) is 2.63. The Hall–Kier alpha value is -2.41. The summed E-state index contributed by atoms with van der Waals surface area (Å²) in [4.78, 5) is 17.7. The Kier molecular flexibility index (Phi) is 6.67. The molecule has 4 rings (SSSR count). The highest BCUT2D eigenvalue weighted by Gasteiger charge is 2.23. The molecule has 1 saturated heterocycles. The smallest absolute Gasteiger partial charge is 0.264 e. The summed E-state index contributed by atoms with van der Waals surface area (Å²) >= 11 is 7.33. The fraction of sp³-hybridized carbons (Fsp3) is 0.261. The summed E-state index contributed by atoms with van der Waals surface area (Å²) in [6.45, 7) is 4.00. The molecule has 0 atom stereocenters. The minimum atomic E-state index is -0.213. The van der Waals surface area contributed by atoms with Crippen LogP contribution in [0.25, 0.3) is 0 Å². The predicted octanol–water partition coefficient (Wildman–Crippen LogP) is 5.08. The molecule has 0 radical (unpaired) electrons. The number of rotatable bonds is 6. The molecule has 0 unspecified atom stereocenters. The van der Waals surface area contributed by atoms with E-state index in [9.17, 15) is 9.18 Å². The maximum Gasteiger partial charge on any atom is 0.264 e. The van der Waals surface area contributed by atoms with Gasteiger partial charge in [0.1, 0.15) is 18.2 Å². The molecule has 0 aliphatic carbocycles. The minimum Gasteiger partial charge on any atom is -0.489 e. The molecule has 1 aliphatic heterocycles. The van der Waals surface area contributed by atoms with Crippen LogP contribution in [-0.2, 0) is 13.2 Å². The van der Waals surface area contributed by atoms with Crippen LogP contribution in [0.2, 0.25) is 5.02 Å². The highest BCUT2D eigenvalue weighted by atomic mass is 35.5.